The van der Waals surface area contributed by atoms with Crippen LogP contribution in [-0.4, -0.2) is 27.9 Å². The van der Waals surface area contributed by atoms with E-state index in [4.69, 9.17) is 8.94 Å². The zero-order chi connectivity index (χ0) is 12.3. The maximum atomic E-state index is 5.53. The monoisotopic (exact) mass is 236 g/mol. The number of aromatic nitrogens is 3. The van der Waals surface area contributed by atoms with Crippen LogP contribution in [0.5, 0.6) is 0 Å². The van der Waals surface area contributed by atoms with Crippen LogP contribution < -0.4 is 5.32 Å². The lowest BCUT2D eigenvalue weighted by Crippen LogP contribution is -2.25. The maximum Gasteiger partial charge on any atom is 0.252 e. The van der Waals surface area contributed by atoms with Crippen molar-refractivity contribution in [2.45, 2.75) is 33.2 Å². The van der Waals surface area contributed by atoms with Crippen molar-refractivity contribution in [2.75, 3.05) is 6.54 Å². The highest BCUT2D eigenvalue weighted by Gasteiger charge is 2.13. The maximum absolute atomic E-state index is 5.53. The third-order valence-corrected chi connectivity index (χ3v) is 2.34. The molecule has 6 nitrogen and oxygen atoms in total. The lowest BCUT2D eigenvalue weighted by molar-refractivity contribution is 0.397. The molecule has 0 spiro atoms. The molecule has 0 radical (unpaired) electrons. The van der Waals surface area contributed by atoms with Gasteiger partial charge in [-0.15, -0.1) is 10.2 Å². The van der Waals surface area contributed by atoms with Crippen molar-refractivity contribution in [3.8, 4) is 11.5 Å². The van der Waals surface area contributed by atoms with Crippen LogP contribution >= 0.6 is 0 Å². The summed E-state index contributed by atoms with van der Waals surface area (Å²) in [5, 5.41) is 14.9. The van der Waals surface area contributed by atoms with Crippen molar-refractivity contribution in [3.05, 3.63) is 17.8 Å². The highest BCUT2D eigenvalue weighted by molar-refractivity contribution is 5.52. The molecular weight excluding hydrogens is 220 g/mol. The summed E-state index contributed by atoms with van der Waals surface area (Å²) in [5.74, 6) is 1.76. The Morgan fingerprint density at radius 3 is 2.82 bits per heavy atom. The molecule has 0 fully saturated rings. The molecule has 0 saturated heterocycles. The van der Waals surface area contributed by atoms with Gasteiger partial charge in [-0.3, -0.25) is 0 Å². The minimum absolute atomic E-state index is 0.456. The van der Waals surface area contributed by atoms with Crippen LogP contribution in [-0.2, 0) is 6.42 Å². The largest absolute Gasteiger partial charge is 0.420 e. The van der Waals surface area contributed by atoms with Gasteiger partial charge in [0, 0.05) is 19.0 Å². The number of hydrogen-bond donors (Lipinski definition) is 1. The molecule has 0 bridgehead atoms. The number of rotatable bonds is 5. The summed E-state index contributed by atoms with van der Waals surface area (Å²) >= 11 is 0. The van der Waals surface area contributed by atoms with E-state index >= 15 is 0 Å². The zero-order valence-corrected chi connectivity index (χ0v) is 10.2. The Kier molecular flexibility index (Phi) is 3.53. The van der Waals surface area contributed by atoms with Gasteiger partial charge in [0.2, 0.25) is 5.89 Å². The minimum Gasteiger partial charge on any atom is -0.420 e. The molecule has 2 heterocycles. The Morgan fingerprint density at radius 1 is 1.35 bits per heavy atom. The van der Waals surface area contributed by atoms with Crippen LogP contribution in [0.3, 0.4) is 0 Å². The van der Waals surface area contributed by atoms with E-state index in [-0.39, 0.29) is 0 Å². The van der Waals surface area contributed by atoms with Gasteiger partial charge in [0.05, 0.1) is 6.20 Å². The Bertz CT molecular complexity index is 475. The van der Waals surface area contributed by atoms with E-state index in [0.717, 1.165) is 18.5 Å². The Morgan fingerprint density at radius 2 is 2.18 bits per heavy atom. The minimum atomic E-state index is 0.456. The van der Waals surface area contributed by atoms with Crippen LogP contribution in [0.4, 0.5) is 0 Å². The van der Waals surface area contributed by atoms with Gasteiger partial charge in [0.15, 0.2) is 0 Å². The standard InChI is InChI=1S/C11H16N4O2/c1-7(2)12-5-4-10-14-15-11(16-10)9-6-13-17-8(9)3/h6-7,12H,4-5H2,1-3H3. The molecule has 0 aromatic carbocycles. The van der Waals surface area contributed by atoms with Crippen LogP contribution in [0, 0.1) is 6.92 Å². The molecule has 0 amide bonds. The van der Waals surface area contributed by atoms with Crippen molar-refractivity contribution in [1.82, 2.24) is 20.7 Å². The first-order valence-electron chi connectivity index (χ1n) is 5.64. The fraction of sp³-hybridized carbons (Fsp3) is 0.545. The number of nitrogens with zero attached hydrogens (tertiary/aromatic N) is 3. The second-order valence-corrected chi connectivity index (χ2v) is 4.16. The van der Waals surface area contributed by atoms with Crippen molar-refractivity contribution in [3.63, 3.8) is 0 Å². The van der Waals surface area contributed by atoms with Gasteiger partial charge in [0.25, 0.3) is 5.89 Å². The van der Waals surface area contributed by atoms with Crippen molar-refractivity contribution < 1.29 is 8.94 Å². The summed E-state index contributed by atoms with van der Waals surface area (Å²) in [6.07, 6.45) is 2.30. The molecule has 0 atom stereocenters. The number of nitrogens with one attached hydrogen (secondary N) is 1. The van der Waals surface area contributed by atoms with Crippen LogP contribution in [0.2, 0.25) is 0 Å². The molecule has 0 unspecified atom stereocenters. The fourth-order valence-corrected chi connectivity index (χ4v) is 1.44. The topological polar surface area (TPSA) is 77.0 Å². The normalized spacial score (nSPS) is 11.3. The fourth-order valence-electron chi connectivity index (χ4n) is 1.44. The second kappa shape index (κ2) is 5.09. The van der Waals surface area contributed by atoms with Gasteiger partial charge in [-0.05, 0) is 6.92 Å². The van der Waals surface area contributed by atoms with Crippen LogP contribution in [0.25, 0.3) is 11.5 Å². The molecule has 6 heteroatoms. The first kappa shape index (κ1) is 11.8. The molecule has 1 N–H and O–H groups in total. The van der Waals surface area contributed by atoms with Crippen molar-refractivity contribution in [1.29, 1.82) is 0 Å². The summed E-state index contributed by atoms with van der Waals surface area (Å²) in [6.45, 7) is 6.83. The summed E-state index contributed by atoms with van der Waals surface area (Å²) in [4.78, 5) is 0. The molecule has 0 saturated carbocycles. The third kappa shape index (κ3) is 2.91. The van der Waals surface area contributed by atoms with Gasteiger partial charge in [-0.2, -0.15) is 0 Å². The second-order valence-electron chi connectivity index (χ2n) is 4.16. The first-order valence-corrected chi connectivity index (χ1v) is 5.64. The zero-order valence-electron chi connectivity index (χ0n) is 10.2. The van der Waals surface area contributed by atoms with E-state index < -0.39 is 0 Å². The van der Waals surface area contributed by atoms with Gasteiger partial charge in [-0.25, -0.2) is 0 Å². The van der Waals surface area contributed by atoms with Crippen LogP contribution in [0.1, 0.15) is 25.5 Å². The molecule has 0 aliphatic carbocycles. The summed E-state index contributed by atoms with van der Waals surface area (Å²) < 4.78 is 10.5. The quantitative estimate of drug-likeness (QED) is 0.849. The van der Waals surface area contributed by atoms with E-state index in [2.05, 4.69) is 34.5 Å². The van der Waals surface area contributed by atoms with E-state index in [1.54, 1.807) is 6.20 Å². The van der Waals surface area contributed by atoms with Crippen LogP contribution in [0.15, 0.2) is 15.1 Å². The molecule has 0 aliphatic rings. The first-order chi connectivity index (χ1) is 8.16. The highest BCUT2D eigenvalue weighted by atomic mass is 16.5. The van der Waals surface area contributed by atoms with Gasteiger partial charge in [0.1, 0.15) is 11.3 Å². The van der Waals surface area contributed by atoms with E-state index in [1.807, 2.05) is 6.92 Å². The third-order valence-electron chi connectivity index (χ3n) is 2.34. The molecule has 92 valence electrons. The molecule has 2 aromatic rings. The van der Waals surface area contributed by atoms with E-state index in [9.17, 15) is 0 Å². The highest BCUT2D eigenvalue weighted by Crippen LogP contribution is 2.21. The average Bonchev–Trinajstić information content (AvgIpc) is 2.86. The van der Waals surface area contributed by atoms with Gasteiger partial charge >= 0.3 is 0 Å². The molecule has 0 aliphatic heterocycles. The Hall–Kier alpha value is -1.69. The predicted molar refractivity (Wildman–Crippen MR) is 61.4 cm³/mol. The number of aryl methyl sites for hydroxylation is 1. The van der Waals surface area contributed by atoms with Gasteiger partial charge in [-0.1, -0.05) is 19.0 Å². The number of hydrogen-bond acceptors (Lipinski definition) is 6. The molecule has 2 rings (SSSR count). The van der Waals surface area contributed by atoms with E-state index in [0.29, 0.717) is 23.6 Å². The lowest BCUT2D eigenvalue weighted by Gasteiger charge is -2.04. The summed E-state index contributed by atoms with van der Waals surface area (Å²) in [5.41, 5.74) is 0.751. The summed E-state index contributed by atoms with van der Waals surface area (Å²) in [7, 11) is 0. The Balaban J connectivity index is 1.99. The summed E-state index contributed by atoms with van der Waals surface area (Å²) in [6, 6.07) is 0.456. The Labute approximate surface area is 99.4 Å². The predicted octanol–water partition coefficient (Wildman–Crippen LogP) is 1.57. The van der Waals surface area contributed by atoms with E-state index in [1.165, 1.54) is 0 Å². The van der Waals surface area contributed by atoms with Crippen molar-refractivity contribution >= 4 is 0 Å². The molecule has 17 heavy (non-hydrogen) atoms. The van der Waals surface area contributed by atoms with Gasteiger partial charge < -0.3 is 14.3 Å². The molecule has 2 aromatic heterocycles. The smallest absolute Gasteiger partial charge is 0.252 e. The van der Waals surface area contributed by atoms with Crippen molar-refractivity contribution in [2.24, 2.45) is 0 Å². The average molecular weight is 236 g/mol. The molecular formula is C11H16N4O2. The SMILES string of the molecule is Cc1oncc1-c1nnc(CCNC(C)C)o1. The lowest BCUT2D eigenvalue weighted by atomic mass is 10.3.